The maximum Gasteiger partial charge on any atom is 0.332 e. The van der Waals surface area contributed by atoms with Crippen molar-refractivity contribution in [2.75, 3.05) is 5.75 Å². The van der Waals surface area contributed by atoms with Gasteiger partial charge in [-0.3, -0.25) is 0 Å². The molecule has 0 spiro atoms. The van der Waals surface area contributed by atoms with E-state index >= 15 is 0 Å². The number of hydrogen-bond acceptors (Lipinski definition) is 3. The number of halogens is 1. The molecule has 1 unspecified atom stereocenters. The van der Waals surface area contributed by atoms with Gasteiger partial charge in [-0.25, -0.2) is 14.6 Å². The third-order valence-electron chi connectivity index (χ3n) is 3.66. The average molecular weight is 329 g/mol. The molecule has 0 bridgehead atoms. The normalized spacial score (nSPS) is 18.5. The number of carbonyl (C=O) groups is 1. The number of amides is 2. The lowest BCUT2D eigenvalue weighted by molar-refractivity contribution is 0.249. The van der Waals surface area contributed by atoms with Gasteiger partial charge in [0.05, 0.1) is 5.71 Å². The Balaban J connectivity index is 1.95. The SMILES string of the molecule is NC(=O)NN=C1c2cc(F)ccc2SCC1Cc1ccccc1. The molecule has 4 nitrogen and oxygen atoms in total. The van der Waals surface area contributed by atoms with E-state index in [1.807, 2.05) is 30.3 Å². The van der Waals surface area contributed by atoms with Crippen LogP contribution in [0.2, 0.25) is 0 Å². The van der Waals surface area contributed by atoms with Crippen LogP contribution in [-0.4, -0.2) is 17.5 Å². The van der Waals surface area contributed by atoms with E-state index in [2.05, 4.69) is 10.5 Å². The van der Waals surface area contributed by atoms with Crippen LogP contribution in [-0.2, 0) is 6.42 Å². The molecule has 3 N–H and O–H groups in total. The lowest BCUT2D eigenvalue weighted by atomic mass is 9.91. The summed E-state index contributed by atoms with van der Waals surface area (Å²) in [6.45, 7) is 0. The van der Waals surface area contributed by atoms with Gasteiger partial charge in [0.15, 0.2) is 0 Å². The maximum atomic E-state index is 13.6. The summed E-state index contributed by atoms with van der Waals surface area (Å²) in [4.78, 5) is 12.0. The first-order chi connectivity index (χ1) is 11.1. The van der Waals surface area contributed by atoms with E-state index in [1.54, 1.807) is 17.8 Å². The minimum atomic E-state index is -0.729. The molecule has 0 fully saturated rings. The predicted octanol–water partition coefficient (Wildman–Crippen LogP) is 3.16. The lowest BCUT2D eigenvalue weighted by Gasteiger charge is -2.26. The highest BCUT2D eigenvalue weighted by atomic mass is 32.2. The predicted molar refractivity (Wildman–Crippen MR) is 90.0 cm³/mol. The molecule has 3 rings (SSSR count). The van der Waals surface area contributed by atoms with Crippen molar-refractivity contribution in [3.05, 3.63) is 65.5 Å². The second-order valence-corrected chi connectivity index (χ2v) is 6.37. The van der Waals surface area contributed by atoms with E-state index in [-0.39, 0.29) is 11.7 Å². The maximum absolute atomic E-state index is 13.6. The topological polar surface area (TPSA) is 67.5 Å². The molecule has 1 atom stereocenters. The molecule has 6 heteroatoms. The highest BCUT2D eigenvalue weighted by molar-refractivity contribution is 7.99. The van der Waals surface area contributed by atoms with Crippen molar-refractivity contribution in [3.63, 3.8) is 0 Å². The highest BCUT2D eigenvalue weighted by Gasteiger charge is 2.27. The number of urea groups is 1. The zero-order valence-corrected chi connectivity index (χ0v) is 13.1. The second-order valence-electron chi connectivity index (χ2n) is 5.31. The summed E-state index contributed by atoms with van der Waals surface area (Å²) in [5.74, 6) is 0.562. The van der Waals surface area contributed by atoms with Crippen LogP contribution in [0.5, 0.6) is 0 Å². The number of hydrogen-bond donors (Lipinski definition) is 2. The number of nitrogens with two attached hydrogens (primary N) is 1. The van der Waals surface area contributed by atoms with Crippen LogP contribution in [0.4, 0.5) is 9.18 Å². The zero-order valence-electron chi connectivity index (χ0n) is 12.3. The van der Waals surface area contributed by atoms with Gasteiger partial charge in [-0.1, -0.05) is 30.3 Å². The van der Waals surface area contributed by atoms with E-state index in [0.29, 0.717) is 5.71 Å². The zero-order chi connectivity index (χ0) is 16.2. The monoisotopic (exact) mass is 329 g/mol. The fourth-order valence-corrected chi connectivity index (χ4v) is 3.78. The Labute approximate surface area is 138 Å². The Morgan fingerprint density at radius 2 is 2.09 bits per heavy atom. The number of nitrogens with one attached hydrogen (secondary N) is 1. The Morgan fingerprint density at radius 1 is 1.30 bits per heavy atom. The smallest absolute Gasteiger partial charge is 0.332 e. The summed E-state index contributed by atoms with van der Waals surface area (Å²) in [5.41, 5.74) is 9.96. The fraction of sp³-hybridized carbons (Fsp3) is 0.176. The van der Waals surface area contributed by atoms with Crippen molar-refractivity contribution >= 4 is 23.5 Å². The molecule has 0 saturated carbocycles. The van der Waals surface area contributed by atoms with Crippen molar-refractivity contribution in [3.8, 4) is 0 Å². The first kappa shape index (κ1) is 15.6. The van der Waals surface area contributed by atoms with Crippen molar-refractivity contribution in [2.24, 2.45) is 16.8 Å². The largest absolute Gasteiger partial charge is 0.350 e. The third-order valence-corrected chi connectivity index (χ3v) is 4.89. The van der Waals surface area contributed by atoms with Crippen LogP contribution in [0.15, 0.2) is 58.5 Å². The molecule has 118 valence electrons. The fourth-order valence-electron chi connectivity index (χ4n) is 2.64. The van der Waals surface area contributed by atoms with Crippen LogP contribution >= 0.6 is 11.8 Å². The third kappa shape index (κ3) is 3.71. The summed E-state index contributed by atoms with van der Waals surface area (Å²) in [7, 11) is 0. The van der Waals surface area contributed by atoms with Crippen LogP contribution < -0.4 is 11.2 Å². The van der Waals surface area contributed by atoms with Gasteiger partial charge in [0.25, 0.3) is 0 Å². The van der Waals surface area contributed by atoms with E-state index in [0.717, 1.165) is 22.6 Å². The van der Waals surface area contributed by atoms with E-state index in [4.69, 9.17) is 5.73 Å². The lowest BCUT2D eigenvalue weighted by Crippen LogP contribution is -2.31. The van der Waals surface area contributed by atoms with Gasteiger partial charge >= 0.3 is 6.03 Å². The van der Waals surface area contributed by atoms with Gasteiger partial charge in [-0.05, 0) is 30.2 Å². The van der Waals surface area contributed by atoms with Gasteiger partial charge in [0, 0.05) is 22.1 Å². The molecule has 1 heterocycles. The van der Waals surface area contributed by atoms with E-state index < -0.39 is 6.03 Å². The number of primary amides is 1. The Bertz CT molecular complexity index is 749. The van der Waals surface area contributed by atoms with Gasteiger partial charge in [0.2, 0.25) is 0 Å². The van der Waals surface area contributed by atoms with E-state index in [1.165, 1.54) is 17.7 Å². The molecular weight excluding hydrogens is 313 g/mol. The summed E-state index contributed by atoms with van der Waals surface area (Å²) >= 11 is 1.67. The number of fused-ring (bicyclic) bond motifs is 1. The highest BCUT2D eigenvalue weighted by Crippen LogP contribution is 2.35. The minimum Gasteiger partial charge on any atom is -0.350 e. The molecule has 2 amide bonds. The first-order valence-corrected chi connectivity index (χ1v) is 8.21. The number of carbonyl (C=O) groups excluding carboxylic acids is 1. The van der Waals surface area contributed by atoms with Crippen LogP contribution in [0.1, 0.15) is 11.1 Å². The van der Waals surface area contributed by atoms with Crippen molar-refractivity contribution in [2.45, 2.75) is 11.3 Å². The number of nitrogens with zero attached hydrogens (tertiary/aromatic N) is 1. The number of hydrazone groups is 1. The average Bonchev–Trinajstić information content (AvgIpc) is 2.54. The molecule has 0 aromatic heterocycles. The van der Waals surface area contributed by atoms with Crippen LogP contribution in [0.3, 0.4) is 0 Å². The van der Waals surface area contributed by atoms with Crippen LogP contribution in [0.25, 0.3) is 0 Å². The molecule has 2 aromatic rings. The van der Waals surface area contributed by atoms with E-state index in [9.17, 15) is 9.18 Å². The summed E-state index contributed by atoms with van der Waals surface area (Å²) in [6, 6.07) is 13.9. The minimum absolute atomic E-state index is 0.0727. The molecule has 1 aliphatic heterocycles. The van der Waals surface area contributed by atoms with Crippen molar-refractivity contribution in [1.29, 1.82) is 0 Å². The van der Waals surface area contributed by atoms with Gasteiger partial charge in [-0.15, -0.1) is 11.8 Å². The molecule has 23 heavy (non-hydrogen) atoms. The summed E-state index contributed by atoms with van der Waals surface area (Å²) < 4.78 is 13.6. The number of thioether (sulfide) groups is 1. The second kappa shape index (κ2) is 6.83. The summed E-state index contributed by atoms with van der Waals surface area (Å²) in [6.07, 6.45) is 0.767. The Morgan fingerprint density at radius 3 is 2.83 bits per heavy atom. The Kier molecular flexibility index (Phi) is 4.62. The van der Waals surface area contributed by atoms with Gasteiger partial charge in [-0.2, -0.15) is 5.10 Å². The number of rotatable bonds is 3. The van der Waals surface area contributed by atoms with Gasteiger partial charge < -0.3 is 5.73 Å². The van der Waals surface area contributed by atoms with Gasteiger partial charge in [0.1, 0.15) is 5.82 Å². The molecule has 0 radical (unpaired) electrons. The van der Waals surface area contributed by atoms with Crippen molar-refractivity contribution < 1.29 is 9.18 Å². The number of benzene rings is 2. The molecule has 0 aliphatic carbocycles. The van der Waals surface area contributed by atoms with Crippen LogP contribution in [0, 0.1) is 11.7 Å². The summed E-state index contributed by atoms with van der Waals surface area (Å²) in [5, 5.41) is 4.15. The Hall–Kier alpha value is -2.34. The quantitative estimate of drug-likeness (QED) is 0.849. The molecule has 2 aromatic carbocycles. The molecule has 0 saturated heterocycles. The van der Waals surface area contributed by atoms with Crippen molar-refractivity contribution in [1.82, 2.24) is 5.43 Å². The standard InChI is InChI=1S/C17H16FN3OS/c18-13-6-7-15-14(9-13)16(20-21-17(19)22)12(10-23-15)8-11-4-2-1-3-5-11/h1-7,9,12H,8,10H2,(H3,19,21,22). The first-order valence-electron chi connectivity index (χ1n) is 7.23. The molecular formula is C17H16FN3OS. The molecule has 1 aliphatic rings.